The van der Waals surface area contributed by atoms with Crippen LogP contribution in [0.15, 0.2) is 45.9 Å². The number of carbonyl (C=O) groups excluding carboxylic acids is 1. The van der Waals surface area contributed by atoms with Crippen LogP contribution in [0.4, 0.5) is 0 Å². The molecule has 3 N–H and O–H groups in total. The number of carbonyl (C=O) groups is 1. The SMILES string of the molecule is COc1ccc(C(=O)NC[C@@H](c2ccco2)N2CCCC2)cc1S(N)(=O)=O. The number of methoxy groups -OCH3 is 1. The molecule has 0 bridgehead atoms. The van der Waals surface area contributed by atoms with E-state index in [9.17, 15) is 13.2 Å². The standard InChI is InChI=1S/C18H23N3O5S/c1-25-16-7-6-13(11-17(16)27(19,23)24)18(22)20-12-14(15-5-4-10-26-15)21-8-2-3-9-21/h4-7,10-11,14H,2-3,8-9,12H2,1H3,(H,20,22)(H2,19,23,24)/t14-/m0/s1. The maximum Gasteiger partial charge on any atom is 0.251 e. The molecule has 0 unspecified atom stereocenters. The second kappa shape index (κ2) is 8.12. The van der Waals surface area contributed by atoms with Crippen molar-refractivity contribution in [3.05, 3.63) is 47.9 Å². The van der Waals surface area contributed by atoms with Crippen molar-refractivity contribution in [1.82, 2.24) is 10.2 Å². The minimum Gasteiger partial charge on any atom is -0.495 e. The van der Waals surface area contributed by atoms with Gasteiger partial charge in [-0.3, -0.25) is 9.69 Å². The molecule has 0 radical (unpaired) electrons. The van der Waals surface area contributed by atoms with Crippen molar-refractivity contribution in [3.63, 3.8) is 0 Å². The molecule has 3 rings (SSSR count). The van der Waals surface area contributed by atoms with E-state index in [-0.39, 0.29) is 22.3 Å². The molecule has 2 aromatic rings. The van der Waals surface area contributed by atoms with Gasteiger partial charge in [0.2, 0.25) is 10.0 Å². The van der Waals surface area contributed by atoms with Gasteiger partial charge in [0.15, 0.2) is 0 Å². The van der Waals surface area contributed by atoms with Crippen LogP contribution in [0.25, 0.3) is 0 Å². The third kappa shape index (κ3) is 4.49. The zero-order valence-corrected chi connectivity index (χ0v) is 15.9. The zero-order valence-electron chi connectivity index (χ0n) is 15.1. The lowest BCUT2D eigenvalue weighted by molar-refractivity contribution is 0.0933. The molecule has 1 aromatic heterocycles. The second-order valence-electron chi connectivity index (χ2n) is 6.39. The molecule has 1 amide bonds. The van der Waals surface area contributed by atoms with Gasteiger partial charge in [-0.05, 0) is 56.3 Å². The summed E-state index contributed by atoms with van der Waals surface area (Å²) in [5.41, 5.74) is 0.194. The molecule has 1 aromatic carbocycles. The summed E-state index contributed by atoms with van der Waals surface area (Å²) in [6.45, 7) is 2.24. The first-order valence-corrected chi connectivity index (χ1v) is 10.2. The third-order valence-electron chi connectivity index (χ3n) is 4.64. The Bertz CT molecular complexity index is 890. The monoisotopic (exact) mass is 393 g/mol. The highest BCUT2D eigenvalue weighted by Crippen LogP contribution is 2.26. The van der Waals surface area contributed by atoms with Gasteiger partial charge in [-0.25, -0.2) is 13.6 Å². The summed E-state index contributed by atoms with van der Waals surface area (Å²) in [6, 6.07) is 7.78. The number of nitrogens with zero attached hydrogens (tertiary/aromatic N) is 1. The molecule has 0 spiro atoms. The number of nitrogens with one attached hydrogen (secondary N) is 1. The van der Waals surface area contributed by atoms with Crippen LogP contribution in [-0.4, -0.2) is 46.0 Å². The van der Waals surface area contributed by atoms with Gasteiger partial charge in [-0.1, -0.05) is 0 Å². The third-order valence-corrected chi connectivity index (χ3v) is 5.57. The van der Waals surface area contributed by atoms with Crippen LogP contribution in [-0.2, 0) is 10.0 Å². The van der Waals surface area contributed by atoms with Crippen LogP contribution in [0, 0.1) is 0 Å². The van der Waals surface area contributed by atoms with E-state index in [2.05, 4.69) is 10.2 Å². The van der Waals surface area contributed by atoms with E-state index in [1.54, 1.807) is 6.26 Å². The van der Waals surface area contributed by atoms with E-state index in [4.69, 9.17) is 14.3 Å². The summed E-state index contributed by atoms with van der Waals surface area (Å²) < 4.78 is 34.0. The number of furan rings is 1. The fraction of sp³-hybridized carbons (Fsp3) is 0.389. The molecule has 2 heterocycles. The van der Waals surface area contributed by atoms with E-state index >= 15 is 0 Å². The van der Waals surface area contributed by atoms with Crippen molar-refractivity contribution >= 4 is 15.9 Å². The Morgan fingerprint density at radius 2 is 2.07 bits per heavy atom. The number of ether oxygens (including phenoxy) is 1. The number of primary sulfonamides is 1. The minimum atomic E-state index is -4.01. The van der Waals surface area contributed by atoms with Crippen LogP contribution in [0.3, 0.4) is 0 Å². The lowest BCUT2D eigenvalue weighted by Gasteiger charge is -2.26. The Labute approximate surface area is 158 Å². The van der Waals surface area contributed by atoms with Crippen LogP contribution in [0.5, 0.6) is 5.75 Å². The number of benzene rings is 1. The number of amides is 1. The van der Waals surface area contributed by atoms with Crippen LogP contribution in [0.2, 0.25) is 0 Å². The lowest BCUT2D eigenvalue weighted by Crippen LogP contribution is -2.36. The summed E-state index contributed by atoms with van der Waals surface area (Å²) in [4.78, 5) is 14.6. The molecule has 146 valence electrons. The highest BCUT2D eigenvalue weighted by Gasteiger charge is 2.26. The molecule has 1 atom stereocenters. The molecule has 8 nitrogen and oxygen atoms in total. The number of likely N-dealkylation sites (tertiary alicyclic amines) is 1. The Morgan fingerprint density at radius 3 is 2.67 bits per heavy atom. The highest BCUT2D eigenvalue weighted by atomic mass is 32.2. The zero-order chi connectivity index (χ0) is 19.4. The van der Waals surface area contributed by atoms with Crippen molar-refractivity contribution in [2.24, 2.45) is 5.14 Å². The summed E-state index contributed by atoms with van der Waals surface area (Å²) in [5.74, 6) is 0.495. The van der Waals surface area contributed by atoms with Gasteiger partial charge in [0, 0.05) is 12.1 Å². The summed E-state index contributed by atoms with van der Waals surface area (Å²) in [6.07, 6.45) is 3.84. The van der Waals surface area contributed by atoms with Crippen LogP contribution in [0.1, 0.15) is 35.0 Å². The summed E-state index contributed by atoms with van der Waals surface area (Å²) in [5, 5.41) is 8.08. The predicted octanol–water partition coefficient (Wildman–Crippen LogP) is 1.50. The Kier molecular flexibility index (Phi) is 5.83. The summed E-state index contributed by atoms with van der Waals surface area (Å²) >= 11 is 0. The normalized spacial score (nSPS) is 16.2. The number of sulfonamides is 1. The molecule has 27 heavy (non-hydrogen) atoms. The van der Waals surface area contributed by atoms with Gasteiger partial charge in [0.25, 0.3) is 5.91 Å². The van der Waals surface area contributed by atoms with Crippen molar-refractivity contribution < 1.29 is 22.4 Å². The smallest absolute Gasteiger partial charge is 0.251 e. The first kappa shape index (κ1) is 19.4. The average Bonchev–Trinajstić information content (AvgIpc) is 3.35. The second-order valence-corrected chi connectivity index (χ2v) is 7.92. The fourth-order valence-corrected chi connectivity index (χ4v) is 4.00. The maximum absolute atomic E-state index is 12.6. The Balaban J connectivity index is 1.76. The number of hydrogen-bond acceptors (Lipinski definition) is 6. The van der Waals surface area contributed by atoms with E-state index in [0.717, 1.165) is 31.7 Å². The fourth-order valence-electron chi connectivity index (χ4n) is 3.28. The van der Waals surface area contributed by atoms with Crippen molar-refractivity contribution in [2.45, 2.75) is 23.8 Å². The maximum atomic E-state index is 12.6. The number of nitrogens with two attached hydrogens (primary N) is 1. The van der Waals surface area contributed by atoms with E-state index in [1.165, 1.54) is 25.3 Å². The molecular weight excluding hydrogens is 370 g/mol. The van der Waals surface area contributed by atoms with Crippen molar-refractivity contribution in [3.8, 4) is 5.75 Å². The van der Waals surface area contributed by atoms with Crippen LogP contribution < -0.4 is 15.2 Å². The number of rotatable bonds is 7. The predicted molar refractivity (Wildman–Crippen MR) is 99.0 cm³/mol. The van der Waals surface area contributed by atoms with E-state index in [1.807, 2.05) is 12.1 Å². The molecule has 0 saturated carbocycles. The molecular formula is C18H23N3O5S. The van der Waals surface area contributed by atoms with Gasteiger partial charge < -0.3 is 14.5 Å². The quantitative estimate of drug-likeness (QED) is 0.737. The Morgan fingerprint density at radius 1 is 1.33 bits per heavy atom. The molecule has 0 aliphatic carbocycles. The highest BCUT2D eigenvalue weighted by molar-refractivity contribution is 7.89. The van der Waals surface area contributed by atoms with Gasteiger partial charge in [0.1, 0.15) is 16.4 Å². The topological polar surface area (TPSA) is 115 Å². The minimum absolute atomic E-state index is 0.0672. The number of hydrogen-bond donors (Lipinski definition) is 2. The lowest BCUT2D eigenvalue weighted by atomic mass is 10.1. The van der Waals surface area contributed by atoms with Gasteiger partial charge in [-0.15, -0.1) is 0 Å². The summed E-state index contributed by atoms with van der Waals surface area (Å²) in [7, 11) is -2.67. The molecule has 1 fully saturated rings. The van der Waals surface area contributed by atoms with E-state index < -0.39 is 15.9 Å². The largest absolute Gasteiger partial charge is 0.495 e. The van der Waals surface area contributed by atoms with Gasteiger partial charge in [0.05, 0.1) is 19.4 Å². The first-order chi connectivity index (χ1) is 12.9. The molecule has 9 heteroatoms. The van der Waals surface area contributed by atoms with Crippen molar-refractivity contribution in [1.29, 1.82) is 0 Å². The average molecular weight is 393 g/mol. The molecule has 1 aliphatic heterocycles. The van der Waals surface area contributed by atoms with Crippen molar-refractivity contribution in [2.75, 3.05) is 26.7 Å². The molecule has 1 saturated heterocycles. The van der Waals surface area contributed by atoms with Gasteiger partial charge >= 0.3 is 0 Å². The van der Waals surface area contributed by atoms with Gasteiger partial charge in [-0.2, -0.15) is 0 Å². The van der Waals surface area contributed by atoms with Crippen LogP contribution >= 0.6 is 0 Å². The first-order valence-electron chi connectivity index (χ1n) is 8.66. The van der Waals surface area contributed by atoms with E-state index in [0.29, 0.717) is 6.54 Å². The Hall–Kier alpha value is -2.36. The molecule has 1 aliphatic rings.